The molecule has 1 aromatic heterocycles. The molecule has 1 aliphatic heterocycles. The van der Waals surface area contributed by atoms with Gasteiger partial charge in [0.1, 0.15) is 17.7 Å². The van der Waals surface area contributed by atoms with Gasteiger partial charge in [0.2, 0.25) is 0 Å². The molecule has 1 fully saturated rings. The second kappa shape index (κ2) is 7.10. The monoisotopic (exact) mass is 316 g/mol. The lowest BCUT2D eigenvalue weighted by atomic mass is 10.1. The Morgan fingerprint density at radius 1 is 1.35 bits per heavy atom. The molecule has 1 N–H and O–H groups in total. The van der Waals surface area contributed by atoms with Crippen LogP contribution in [0.4, 0.5) is 0 Å². The lowest BCUT2D eigenvalue weighted by Gasteiger charge is -2.31. The van der Waals surface area contributed by atoms with E-state index >= 15 is 0 Å². The van der Waals surface area contributed by atoms with E-state index in [0.29, 0.717) is 6.61 Å². The minimum Gasteiger partial charge on any atom is -0.491 e. The van der Waals surface area contributed by atoms with Crippen molar-refractivity contribution in [2.24, 2.45) is 0 Å². The molecule has 0 saturated carbocycles. The number of morpholine rings is 1. The van der Waals surface area contributed by atoms with E-state index in [1.807, 2.05) is 32.9 Å². The van der Waals surface area contributed by atoms with Crippen LogP contribution in [0.25, 0.3) is 0 Å². The van der Waals surface area contributed by atoms with Crippen LogP contribution in [0.5, 0.6) is 5.75 Å². The molecular weight excluding hydrogens is 292 g/mol. The highest BCUT2D eigenvalue weighted by atomic mass is 16.5. The van der Waals surface area contributed by atoms with E-state index in [4.69, 9.17) is 9.47 Å². The summed E-state index contributed by atoms with van der Waals surface area (Å²) in [4.78, 5) is 6.75. The average Bonchev–Trinajstić information content (AvgIpc) is 2.96. The summed E-state index contributed by atoms with van der Waals surface area (Å²) in [6.45, 7) is 9.29. The molecule has 0 unspecified atom stereocenters. The molecule has 1 atom stereocenters. The molecule has 2 aromatic rings. The summed E-state index contributed by atoms with van der Waals surface area (Å²) in [6, 6.07) is 8.32. The largest absolute Gasteiger partial charge is 0.491 e. The number of rotatable bonds is 5. The van der Waals surface area contributed by atoms with Gasteiger partial charge >= 0.3 is 0 Å². The van der Waals surface area contributed by atoms with Gasteiger partial charge in [-0.3, -0.25) is 10.00 Å². The van der Waals surface area contributed by atoms with E-state index < -0.39 is 0 Å². The van der Waals surface area contributed by atoms with Crippen LogP contribution >= 0.6 is 0 Å². The zero-order chi connectivity index (χ0) is 16.2. The maximum atomic E-state index is 5.80. The molecule has 0 bridgehead atoms. The van der Waals surface area contributed by atoms with Gasteiger partial charge < -0.3 is 9.47 Å². The number of H-pyrrole nitrogens is 1. The van der Waals surface area contributed by atoms with E-state index in [9.17, 15) is 0 Å². The van der Waals surface area contributed by atoms with Crippen molar-refractivity contribution < 1.29 is 9.47 Å². The van der Waals surface area contributed by atoms with E-state index in [2.05, 4.69) is 32.2 Å². The molecular formula is C17H24N4O2. The number of aryl methyl sites for hydroxylation is 1. The molecule has 124 valence electrons. The predicted molar refractivity (Wildman–Crippen MR) is 87.3 cm³/mol. The van der Waals surface area contributed by atoms with Crippen molar-refractivity contribution >= 4 is 0 Å². The van der Waals surface area contributed by atoms with Crippen LogP contribution in [0.15, 0.2) is 24.3 Å². The molecule has 0 radical (unpaired) electrons. The number of hydrogen-bond acceptors (Lipinski definition) is 5. The number of ether oxygens (including phenoxy) is 2. The first kappa shape index (κ1) is 16.0. The van der Waals surface area contributed by atoms with Gasteiger partial charge in [0.15, 0.2) is 5.82 Å². The molecule has 1 aliphatic rings. The van der Waals surface area contributed by atoms with Crippen LogP contribution in [0.3, 0.4) is 0 Å². The van der Waals surface area contributed by atoms with Crippen molar-refractivity contribution in [3.8, 4) is 5.75 Å². The van der Waals surface area contributed by atoms with Crippen molar-refractivity contribution in [2.45, 2.75) is 39.5 Å². The fraction of sp³-hybridized carbons (Fsp3) is 0.529. The van der Waals surface area contributed by atoms with Gasteiger partial charge in [-0.15, -0.1) is 0 Å². The van der Waals surface area contributed by atoms with Gasteiger partial charge in [-0.05, 0) is 38.5 Å². The Hall–Kier alpha value is -1.92. The summed E-state index contributed by atoms with van der Waals surface area (Å²) in [7, 11) is 0. The van der Waals surface area contributed by atoms with E-state index in [-0.39, 0.29) is 12.2 Å². The molecule has 0 amide bonds. The third-order valence-corrected chi connectivity index (χ3v) is 3.75. The highest BCUT2D eigenvalue weighted by Gasteiger charge is 2.25. The summed E-state index contributed by atoms with van der Waals surface area (Å²) in [5.74, 6) is 2.48. The maximum absolute atomic E-state index is 5.80. The molecule has 2 heterocycles. The molecule has 1 saturated heterocycles. The SMILES string of the molecule is Cc1nc([C@@H]2CN(Cc3ccc(OC(C)C)cc3)CCO2)n[nH]1. The van der Waals surface area contributed by atoms with Gasteiger partial charge in [-0.1, -0.05) is 12.1 Å². The summed E-state index contributed by atoms with van der Waals surface area (Å²) in [5, 5.41) is 7.09. The molecule has 6 heteroatoms. The van der Waals surface area contributed by atoms with Crippen molar-refractivity contribution in [1.82, 2.24) is 20.1 Å². The average molecular weight is 316 g/mol. The third kappa shape index (κ3) is 4.30. The molecule has 3 rings (SSSR count). The van der Waals surface area contributed by atoms with Gasteiger partial charge in [-0.2, -0.15) is 5.10 Å². The van der Waals surface area contributed by atoms with Crippen molar-refractivity contribution in [3.63, 3.8) is 0 Å². The first-order chi connectivity index (χ1) is 11.1. The molecule has 1 aromatic carbocycles. The van der Waals surface area contributed by atoms with E-state index in [0.717, 1.165) is 37.0 Å². The van der Waals surface area contributed by atoms with Crippen molar-refractivity contribution in [1.29, 1.82) is 0 Å². The lowest BCUT2D eigenvalue weighted by molar-refractivity contribution is -0.0370. The quantitative estimate of drug-likeness (QED) is 0.918. The molecule has 0 spiro atoms. The number of hydrogen-bond donors (Lipinski definition) is 1. The summed E-state index contributed by atoms with van der Waals surface area (Å²) >= 11 is 0. The van der Waals surface area contributed by atoms with Gasteiger partial charge in [0.05, 0.1) is 12.7 Å². The number of nitrogens with one attached hydrogen (secondary N) is 1. The Kier molecular flexibility index (Phi) is 4.93. The maximum Gasteiger partial charge on any atom is 0.180 e. The number of aromatic amines is 1. The van der Waals surface area contributed by atoms with Crippen LogP contribution in [0.1, 0.15) is 37.2 Å². The topological polar surface area (TPSA) is 63.3 Å². The predicted octanol–water partition coefficient (Wildman–Crippen LogP) is 2.47. The minimum atomic E-state index is -0.0581. The number of nitrogens with zero attached hydrogens (tertiary/aromatic N) is 3. The minimum absolute atomic E-state index is 0.0581. The standard InChI is InChI=1S/C17H24N4O2/c1-12(2)23-15-6-4-14(5-7-15)10-21-8-9-22-16(11-21)17-18-13(3)19-20-17/h4-7,12,16H,8-11H2,1-3H3,(H,18,19,20)/t16-/m0/s1. The zero-order valence-electron chi connectivity index (χ0n) is 14.0. The second-order valence-corrected chi connectivity index (χ2v) is 6.18. The Morgan fingerprint density at radius 2 is 2.13 bits per heavy atom. The Bertz CT molecular complexity index is 624. The van der Waals surface area contributed by atoms with Crippen molar-refractivity contribution in [2.75, 3.05) is 19.7 Å². The third-order valence-electron chi connectivity index (χ3n) is 3.75. The molecule has 23 heavy (non-hydrogen) atoms. The van der Waals surface area contributed by atoms with Crippen LogP contribution in [-0.2, 0) is 11.3 Å². The van der Waals surface area contributed by atoms with Gasteiger partial charge in [0, 0.05) is 19.6 Å². The number of benzene rings is 1. The smallest absolute Gasteiger partial charge is 0.180 e. The highest BCUT2D eigenvalue weighted by Crippen LogP contribution is 2.21. The molecule has 0 aliphatic carbocycles. The second-order valence-electron chi connectivity index (χ2n) is 6.18. The Morgan fingerprint density at radius 3 is 2.78 bits per heavy atom. The van der Waals surface area contributed by atoms with E-state index in [1.54, 1.807) is 0 Å². The Balaban J connectivity index is 1.59. The van der Waals surface area contributed by atoms with Crippen LogP contribution in [0.2, 0.25) is 0 Å². The first-order valence-electron chi connectivity index (χ1n) is 8.08. The zero-order valence-corrected chi connectivity index (χ0v) is 14.0. The van der Waals surface area contributed by atoms with Crippen LogP contribution < -0.4 is 4.74 Å². The summed E-state index contributed by atoms with van der Waals surface area (Å²) in [6.07, 6.45) is 0.142. The fourth-order valence-corrected chi connectivity index (χ4v) is 2.71. The van der Waals surface area contributed by atoms with E-state index in [1.165, 1.54) is 5.56 Å². The summed E-state index contributed by atoms with van der Waals surface area (Å²) in [5.41, 5.74) is 1.27. The first-order valence-corrected chi connectivity index (χ1v) is 8.08. The Labute approximate surface area is 136 Å². The summed E-state index contributed by atoms with van der Waals surface area (Å²) < 4.78 is 11.5. The number of aromatic nitrogens is 3. The lowest BCUT2D eigenvalue weighted by Crippen LogP contribution is -2.38. The van der Waals surface area contributed by atoms with Crippen molar-refractivity contribution in [3.05, 3.63) is 41.5 Å². The van der Waals surface area contributed by atoms with Gasteiger partial charge in [-0.25, -0.2) is 4.98 Å². The molecule has 6 nitrogen and oxygen atoms in total. The highest BCUT2D eigenvalue weighted by molar-refractivity contribution is 5.27. The fourth-order valence-electron chi connectivity index (χ4n) is 2.71. The normalized spacial score (nSPS) is 19.2. The van der Waals surface area contributed by atoms with Gasteiger partial charge in [0.25, 0.3) is 0 Å². The van der Waals surface area contributed by atoms with Crippen LogP contribution in [-0.4, -0.2) is 45.9 Å². The van der Waals surface area contributed by atoms with Crippen LogP contribution in [0, 0.1) is 6.92 Å².